The third-order valence-electron chi connectivity index (χ3n) is 7.37. The van der Waals surface area contributed by atoms with Gasteiger partial charge in [-0.2, -0.15) is 0 Å². The van der Waals surface area contributed by atoms with Crippen LogP contribution in [0.15, 0.2) is 24.3 Å². The molecule has 0 bridgehead atoms. The third-order valence-corrected chi connectivity index (χ3v) is 7.37. The maximum atomic E-state index is 13.7. The lowest BCUT2D eigenvalue weighted by Gasteiger charge is -2.36. The van der Waals surface area contributed by atoms with Gasteiger partial charge in [0.15, 0.2) is 5.54 Å². The number of nitrogens with one attached hydrogen (secondary N) is 2. The Morgan fingerprint density at radius 1 is 1.25 bits per heavy atom. The zero-order chi connectivity index (χ0) is 23.0. The molecule has 0 spiro atoms. The van der Waals surface area contributed by atoms with E-state index in [0.717, 1.165) is 52.7 Å². The summed E-state index contributed by atoms with van der Waals surface area (Å²) in [4.78, 5) is 46.1. The van der Waals surface area contributed by atoms with Crippen molar-refractivity contribution in [3.8, 4) is 0 Å². The molecule has 3 atom stereocenters. The molecule has 1 fully saturated rings. The molecule has 0 saturated carbocycles. The lowest BCUT2D eigenvalue weighted by atomic mass is 9.87. The molecule has 2 aliphatic heterocycles. The number of hydrogen-bond donors (Lipinski definition) is 2. The van der Waals surface area contributed by atoms with Crippen molar-refractivity contribution in [1.29, 1.82) is 0 Å². The molecule has 1 aromatic heterocycles. The van der Waals surface area contributed by atoms with Gasteiger partial charge >= 0.3 is 6.03 Å². The molecule has 7 heteroatoms. The van der Waals surface area contributed by atoms with Crippen LogP contribution in [-0.4, -0.2) is 51.8 Å². The van der Waals surface area contributed by atoms with Crippen LogP contribution in [0.4, 0.5) is 4.79 Å². The number of aromatic amines is 1. The van der Waals surface area contributed by atoms with Crippen molar-refractivity contribution >= 4 is 28.7 Å². The van der Waals surface area contributed by atoms with Crippen LogP contribution < -0.4 is 5.32 Å². The number of imide groups is 1. The Bertz CT molecular complexity index is 1040. The Balaban J connectivity index is 1.56. The van der Waals surface area contributed by atoms with E-state index in [2.05, 4.69) is 24.1 Å². The van der Waals surface area contributed by atoms with E-state index in [1.165, 1.54) is 0 Å². The van der Waals surface area contributed by atoms with Crippen LogP contribution in [0.2, 0.25) is 0 Å². The zero-order valence-corrected chi connectivity index (χ0v) is 19.5. The van der Waals surface area contributed by atoms with Crippen LogP contribution in [0, 0.1) is 5.92 Å². The van der Waals surface area contributed by atoms with Crippen molar-refractivity contribution in [2.45, 2.75) is 71.4 Å². The topological polar surface area (TPSA) is 85.5 Å². The number of aromatic nitrogens is 1. The average Bonchev–Trinajstić information content (AvgIpc) is 3.27. The number of urea groups is 1. The molecule has 2 aromatic rings. The first-order chi connectivity index (χ1) is 15.3. The fourth-order valence-electron chi connectivity index (χ4n) is 5.21. The summed E-state index contributed by atoms with van der Waals surface area (Å²) in [6, 6.07) is 6.72. The quantitative estimate of drug-likeness (QED) is 0.613. The van der Waals surface area contributed by atoms with Crippen LogP contribution in [-0.2, 0) is 21.5 Å². The third kappa shape index (κ3) is 3.38. The Kier molecular flexibility index (Phi) is 6.01. The summed E-state index contributed by atoms with van der Waals surface area (Å²) in [6.07, 6.45) is 5.00. The molecule has 2 aliphatic rings. The van der Waals surface area contributed by atoms with E-state index in [-0.39, 0.29) is 17.8 Å². The molecule has 0 aliphatic carbocycles. The summed E-state index contributed by atoms with van der Waals surface area (Å²) >= 11 is 0. The first-order valence-corrected chi connectivity index (χ1v) is 11.9. The van der Waals surface area contributed by atoms with Gasteiger partial charge in [-0.05, 0) is 44.2 Å². The van der Waals surface area contributed by atoms with Gasteiger partial charge in [-0.1, -0.05) is 51.3 Å². The Labute approximate surface area is 189 Å². The minimum Gasteiger partial charge on any atom is -0.356 e. The van der Waals surface area contributed by atoms with Crippen molar-refractivity contribution in [1.82, 2.24) is 20.1 Å². The van der Waals surface area contributed by atoms with E-state index in [1.54, 1.807) is 18.7 Å². The smallest absolute Gasteiger partial charge is 0.328 e. The number of rotatable bonds is 8. The molecule has 2 N–H and O–H groups in total. The van der Waals surface area contributed by atoms with Gasteiger partial charge in [0.2, 0.25) is 5.91 Å². The van der Waals surface area contributed by atoms with Crippen molar-refractivity contribution in [2.24, 2.45) is 5.92 Å². The summed E-state index contributed by atoms with van der Waals surface area (Å²) in [7, 11) is 0. The standard InChI is InChI=1S/C25H34N4O3/c1-5-7-10-17(6-2)15-26-22(30)16(3)29-23(31)25(4)21-19(13-14-28(25)24(29)32)18-11-8-9-12-20(18)27-21/h8-9,11-12,16-17,27H,5-7,10,13-15H2,1-4H3,(H,26,30). The second kappa shape index (κ2) is 8.60. The van der Waals surface area contributed by atoms with Crippen molar-refractivity contribution < 1.29 is 14.4 Å². The maximum absolute atomic E-state index is 13.7. The molecule has 3 heterocycles. The summed E-state index contributed by atoms with van der Waals surface area (Å²) < 4.78 is 0. The predicted molar refractivity (Wildman–Crippen MR) is 124 cm³/mol. The molecule has 4 amide bonds. The zero-order valence-electron chi connectivity index (χ0n) is 19.5. The number of hydrogen-bond acceptors (Lipinski definition) is 3. The van der Waals surface area contributed by atoms with E-state index in [9.17, 15) is 14.4 Å². The van der Waals surface area contributed by atoms with Crippen molar-refractivity contribution in [3.05, 3.63) is 35.5 Å². The SMILES string of the molecule is CCCCC(CC)CNC(=O)C(C)N1C(=O)N2CCc3c([nH]c4ccccc34)C2(C)C1=O. The highest BCUT2D eigenvalue weighted by Gasteiger charge is 2.60. The summed E-state index contributed by atoms with van der Waals surface area (Å²) in [5.41, 5.74) is 1.69. The van der Waals surface area contributed by atoms with Crippen LogP contribution in [0.25, 0.3) is 10.9 Å². The van der Waals surface area contributed by atoms with Gasteiger partial charge in [0.05, 0.1) is 5.69 Å². The number of fused-ring (bicyclic) bond motifs is 5. The number of unbranched alkanes of at least 4 members (excludes halogenated alkanes) is 1. The molecule has 172 valence electrons. The fourth-order valence-corrected chi connectivity index (χ4v) is 5.21. The number of H-pyrrole nitrogens is 1. The van der Waals surface area contributed by atoms with Crippen molar-refractivity contribution in [3.63, 3.8) is 0 Å². The summed E-state index contributed by atoms with van der Waals surface area (Å²) in [5, 5.41) is 4.07. The number of amides is 4. The first-order valence-electron chi connectivity index (χ1n) is 11.9. The number of carbonyl (C=O) groups excluding carboxylic acids is 3. The van der Waals surface area contributed by atoms with E-state index in [1.807, 2.05) is 24.3 Å². The van der Waals surface area contributed by atoms with Crippen LogP contribution in [0.1, 0.15) is 64.6 Å². The van der Waals surface area contributed by atoms with Gasteiger partial charge in [-0.15, -0.1) is 0 Å². The Hall–Kier alpha value is -2.83. The van der Waals surface area contributed by atoms with Crippen molar-refractivity contribution in [2.75, 3.05) is 13.1 Å². The fraction of sp³-hybridized carbons (Fsp3) is 0.560. The highest BCUT2D eigenvalue weighted by molar-refractivity contribution is 6.10. The summed E-state index contributed by atoms with van der Waals surface area (Å²) in [5.74, 6) is -0.202. The van der Waals surface area contributed by atoms with E-state index < -0.39 is 11.6 Å². The predicted octanol–water partition coefficient (Wildman–Crippen LogP) is 3.92. The first kappa shape index (κ1) is 22.4. The largest absolute Gasteiger partial charge is 0.356 e. The molecule has 1 saturated heterocycles. The Morgan fingerprint density at radius 3 is 2.72 bits per heavy atom. The Morgan fingerprint density at radius 2 is 2.00 bits per heavy atom. The minimum absolute atomic E-state index is 0.276. The molecular formula is C25H34N4O3. The van der Waals surface area contributed by atoms with Gasteiger partial charge in [0.1, 0.15) is 6.04 Å². The molecule has 4 rings (SSSR count). The van der Waals surface area contributed by atoms with Gasteiger partial charge < -0.3 is 15.2 Å². The highest BCUT2D eigenvalue weighted by atomic mass is 16.2. The molecule has 32 heavy (non-hydrogen) atoms. The van der Waals surface area contributed by atoms with E-state index in [4.69, 9.17) is 0 Å². The van der Waals surface area contributed by atoms with E-state index >= 15 is 0 Å². The van der Waals surface area contributed by atoms with Crippen LogP contribution in [0.5, 0.6) is 0 Å². The normalized spacial score (nSPS) is 22.1. The second-order valence-corrected chi connectivity index (χ2v) is 9.29. The van der Waals surface area contributed by atoms with Crippen LogP contribution >= 0.6 is 0 Å². The lowest BCUT2D eigenvalue weighted by Crippen LogP contribution is -2.50. The monoisotopic (exact) mass is 438 g/mol. The molecule has 0 radical (unpaired) electrons. The maximum Gasteiger partial charge on any atom is 0.328 e. The number of benzene rings is 1. The lowest BCUT2D eigenvalue weighted by molar-refractivity contribution is -0.139. The van der Waals surface area contributed by atoms with Gasteiger partial charge in [0.25, 0.3) is 5.91 Å². The summed E-state index contributed by atoms with van der Waals surface area (Å²) in [6.45, 7) is 8.75. The molecule has 1 aromatic carbocycles. The second-order valence-electron chi connectivity index (χ2n) is 9.29. The van der Waals surface area contributed by atoms with Gasteiger partial charge in [-0.25, -0.2) is 9.69 Å². The highest BCUT2D eigenvalue weighted by Crippen LogP contribution is 2.44. The molecular weight excluding hydrogens is 404 g/mol. The van der Waals surface area contributed by atoms with E-state index in [0.29, 0.717) is 25.4 Å². The van der Waals surface area contributed by atoms with Gasteiger partial charge in [0, 0.05) is 24.0 Å². The number of nitrogens with zero attached hydrogens (tertiary/aromatic N) is 2. The van der Waals surface area contributed by atoms with Crippen LogP contribution in [0.3, 0.4) is 0 Å². The average molecular weight is 439 g/mol. The number of carbonyl (C=O) groups is 3. The molecule has 7 nitrogen and oxygen atoms in total. The minimum atomic E-state index is -1.12. The molecule has 3 unspecified atom stereocenters. The van der Waals surface area contributed by atoms with Gasteiger partial charge in [-0.3, -0.25) is 9.59 Å². The number of para-hydroxylation sites is 1.